The maximum atomic E-state index is 5.90. The highest BCUT2D eigenvalue weighted by Gasteiger charge is 2.00. The molecule has 0 atom stereocenters. The van der Waals surface area contributed by atoms with Gasteiger partial charge in [0.2, 0.25) is 0 Å². The van der Waals surface area contributed by atoms with Gasteiger partial charge in [-0.1, -0.05) is 25.4 Å². The first-order valence-corrected chi connectivity index (χ1v) is 5.95. The lowest BCUT2D eigenvalue weighted by Gasteiger charge is -2.10. The average Bonchev–Trinajstić information content (AvgIpc) is 2.10. The van der Waals surface area contributed by atoms with Crippen LogP contribution in [0.15, 0.2) is 22.7 Å². The molecule has 0 aliphatic rings. The molecule has 1 aromatic carbocycles. The van der Waals surface area contributed by atoms with E-state index in [0.717, 1.165) is 27.6 Å². The van der Waals surface area contributed by atoms with Gasteiger partial charge in [-0.15, -0.1) is 0 Å². The van der Waals surface area contributed by atoms with E-state index in [9.17, 15) is 0 Å². The fraction of sp³-hybridized carbons (Fsp3) is 0.455. The Labute approximate surface area is 99.0 Å². The van der Waals surface area contributed by atoms with Crippen LogP contribution in [0.2, 0.25) is 5.02 Å². The SMILES string of the molecule is CC(C)CCNc1cc(Cl)ccc1Br. The number of hydrogen-bond donors (Lipinski definition) is 1. The lowest BCUT2D eigenvalue weighted by atomic mass is 10.1. The summed E-state index contributed by atoms with van der Waals surface area (Å²) < 4.78 is 1.06. The minimum Gasteiger partial charge on any atom is -0.384 e. The average molecular weight is 277 g/mol. The number of anilines is 1. The van der Waals surface area contributed by atoms with Crippen LogP contribution in [0.3, 0.4) is 0 Å². The Hall–Kier alpha value is -0.210. The minimum absolute atomic E-state index is 0.723. The zero-order valence-corrected chi connectivity index (χ0v) is 10.8. The van der Waals surface area contributed by atoms with E-state index in [1.165, 1.54) is 6.42 Å². The van der Waals surface area contributed by atoms with E-state index in [2.05, 4.69) is 35.1 Å². The smallest absolute Gasteiger partial charge is 0.0499 e. The van der Waals surface area contributed by atoms with Crippen molar-refractivity contribution in [2.75, 3.05) is 11.9 Å². The third-order valence-corrected chi connectivity index (χ3v) is 2.89. The monoisotopic (exact) mass is 275 g/mol. The molecule has 0 saturated heterocycles. The molecule has 0 bridgehead atoms. The standard InChI is InChI=1S/C11H15BrClN/c1-8(2)5-6-14-11-7-9(13)3-4-10(11)12/h3-4,7-8,14H,5-6H2,1-2H3. The van der Waals surface area contributed by atoms with E-state index >= 15 is 0 Å². The minimum atomic E-state index is 0.723. The third kappa shape index (κ3) is 3.89. The second-order valence-corrected chi connectivity index (χ2v) is 5.02. The van der Waals surface area contributed by atoms with E-state index in [-0.39, 0.29) is 0 Å². The molecule has 1 nitrogen and oxygen atoms in total. The Kier molecular flexibility index (Phi) is 4.76. The summed E-state index contributed by atoms with van der Waals surface area (Å²) >= 11 is 9.37. The van der Waals surface area contributed by atoms with Crippen LogP contribution in [0, 0.1) is 5.92 Å². The molecule has 3 heteroatoms. The Morgan fingerprint density at radius 1 is 1.43 bits per heavy atom. The van der Waals surface area contributed by atoms with Crippen LogP contribution in [-0.2, 0) is 0 Å². The fourth-order valence-corrected chi connectivity index (χ4v) is 1.69. The Bertz CT molecular complexity index is 299. The van der Waals surface area contributed by atoms with Gasteiger partial charge in [0.25, 0.3) is 0 Å². The van der Waals surface area contributed by atoms with Gasteiger partial charge in [0, 0.05) is 21.7 Å². The van der Waals surface area contributed by atoms with Crippen LogP contribution in [-0.4, -0.2) is 6.54 Å². The molecule has 0 spiro atoms. The van der Waals surface area contributed by atoms with E-state index in [0.29, 0.717) is 0 Å². The van der Waals surface area contributed by atoms with Crippen molar-refractivity contribution in [3.05, 3.63) is 27.7 Å². The zero-order chi connectivity index (χ0) is 10.6. The summed E-state index contributed by atoms with van der Waals surface area (Å²) in [6.45, 7) is 5.42. The normalized spacial score (nSPS) is 10.6. The van der Waals surface area contributed by atoms with Crippen molar-refractivity contribution in [3.63, 3.8) is 0 Å². The first kappa shape index (κ1) is 11.9. The van der Waals surface area contributed by atoms with Crippen LogP contribution in [0.4, 0.5) is 5.69 Å². The molecule has 0 aromatic heterocycles. The van der Waals surface area contributed by atoms with Crippen LogP contribution in [0.5, 0.6) is 0 Å². The molecule has 1 N–H and O–H groups in total. The molecule has 1 aromatic rings. The summed E-state index contributed by atoms with van der Waals surface area (Å²) in [5.41, 5.74) is 1.07. The van der Waals surface area contributed by atoms with Crippen molar-refractivity contribution >= 4 is 33.2 Å². The second kappa shape index (κ2) is 5.62. The van der Waals surface area contributed by atoms with Gasteiger partial charge in [-0.3, -0.25) is 0 Å². The molecule has 78 valence electrons. The maximum absolute atomic E-state index is 5.90. The zero-order valence-electron chi connectivity index (χ0n) is 8.48. The molecule has 0 aliphatic heterocycles. The number of nitrogens with one attached hydrogen (secondary N) is 1. The Morgan fingerprint density at radius 3 is 2.79 bits per heavy atom. The molecule has 0 radical (unpaired) electrons. The number of benzene rings is 1. The molecule has 0 fully saturated rings. The molecule has 0 heterocycles. The van der Waals surface area contributed by atoms with E-state index in [1.807, 2.05) is 18.2 Å². The predicted molar refractivity (Wildman–Crippen MR) is 67.1 cm³/mol. The van der Waals surface area contributed by atoms with Crippen molar-refractivity contribution in [1.82, 2.24) is 0 Å². The van der Waals surface area contributed by atoms with Gasteiger partial charge in [0.05, 0.1) is 0 Å². The van der Waals surface area contributed by atoms with Crippen molar-refractivity contribution in [3.8, 4) is 0 Å². The van der Waals surface area contributed by atoms with Gasteiger partial charge in [-0.05, 0) is 46.5 Å². The molecule has 0 amide bonds. The van der Waals surface area contributed by atoms with E-state index in [4.69, 9.17) is 11.6 Å². The van der Waals surface area contributed by atoms with Gasteiger partial charge in [-0.25, -0.2) is 0 Å². The Morgan fingerprint density at radius 2 is 2.14 bits per heavy atom. The second-order valence-electron chi connectivity index (χ2n) is 3.73. The summed E-state index contributed by atoms with van der Waals surface area (Å²) in [5, 5.41) is 4.12. The van der Waals surface area contributed by atoms with Gasteiger partial charge < -0.3 is 5.32 Å². The quantitative estimate of drug-likeness (QED) is 0.850. The van der Waals surface area contributed by atoms with Gasteiger partial charge in [0.15, 0.2) is 0 Å². The van der Waals surface area contributed by atoms with Crippen LogP contribution >= 0.6 is 27.5 Å². The van der Waals surface area contributed by atoms with Gasteiger partial charge >= 0.3 is 0 Å². The number of rotatable bonds is 4. The van der Waals surface area contributed by atoms with Crippen LogP contribution < -0.4 is 5.32 Å². The number of halogens is 2. The van der Waals surface area contributed by atoms with E-state index in [1.54, 1.807) is 0 Å². The molecular formula is C11H15BrClN. The highest BCUT2D eigenvalue weighted by molar-refractivity contribution is 9.10. The summed E-state index contributed by atoms with van der Waals surface area (Å²) in [5.74, 6) is 0.723. The lowest BCUT2D eigenvalue weighted by molar-refractivity contribution is 0.607. The molecular weight excluding hydrogens is 261 g/mol. The Balaban J connectivity index is 2.53. The fourth-order valence-electron chi connectivity index (χ4n) is 1.13. The van der Waals surface area contributed by atoms with Crippen molar-refractivity contribution in [2.24, 2.45) is 5.92 Å². The van der Waals surface area contributed by atoms with Crippen LogP contribution in [0.25, 0.3) is 0 Å². The molecule has 0 aliphatic carbocycles. The molecule has 0 unspecified atom stereocenters. The molecule has 0 saturated carbocycles. The van der Waals surface area contributed by atoms with Crippen LogP contribution in [0.1, 0.15) is 20.3 Å². The highest BCUT2D eigenvalue weighted by atomic mass is 79.9. The third-order valence-electron chi connectivity index (χ3n) is 1.97. The van der Waals surface area contributed by atoms with Gasteiger partial charge in [-0.2, -0.15) is 0 Å². The first-order valence-electron chi connectivity index (χ1n) is 4.78. The van der Waals surface area contributed by atoms with Crippen molar-refractivity contribution in [2.45, 2.75) is 20.3 Å². The summed E-state index contributed by atoms with van der Waals surface area (Å²) in [4.78, 5) is 0. The molecule has 1 rings (SSSR count). The predicted octanol–water partition coefficient (Wildman–Crippen LogP) is 4.56. The maximum Gasteiger partial charge on any atom is 0.0499 e. The summed E-state index contributed by atoms with van der Waals surface area (Å²) in [7, 11) is 0. The first-order chi connectivity index (χ1) is 6.59. The molecule has 14 heavy (non-hydrogen) atoms. The summed E-state index contributed by atoms with van der Waals surface area (Å²) in [6.07, 6.45) is 1.17. The van der Waals surface area contributed by atoms with Crippen molar-refractivity contribution in [1.29, 1.82) is 0 Å². The van der Waals surface area contributed by atoms with Gasteiger partial charge in [0.1, 0.15) is 0 Å². The van der Waals surface area contributed by atoms with Crippen molar-refractivity contribution < 1.29 is 0 Å². The highest BCUT2D eigenvalue weighted by Crippen LogP contribution is 2.25. The van der Waals surface area contributed by atoms with E-state index < -0.39 is 0 Å². The largest absolute Gasteiger partial charge is 0.384 e. The lowest BCUT2D eigenvalue weighted by Crippen LogP contribution is -2.05. The number of hydrogen-bond acceptors (Lipinski definition) is 1. The summed E-state index contributed by atoms with van der Waals surface area (Å²) in [6, 6.07) is 5.77. The topological polar surface area (TPSA) is 12.0 Å².